The van der Waals surface area contributed by atoms with E-state index in [2.05, 4.69) is 22.3 Å². The first kappa shape index (κ1) is 12.8. The van der Waals surface area contributed by atoms with E-state index in [1.54, 1.807) is 0 Å². The molecular weight excluding hydrogens is 240 g/mol. The van der Waals surface area contributed by atoms with E-state index in [1.807, 2.05) is 6.07 Å². The Kier molecular flexibility index (Phi) is 4.20. The van der Waals surface area contributed by atoms with Gasteiger partial charge in [-0.15, -0.1) is 0 Å². The molecule has 0 radical (unpaired) electrons. The summed E-state index contributed by atoms with van der Waals surface area (Å²) < 4.78 is 11.6. The van der Waals surface area contributed by atoms with Crippen LogP contribution >= 0.6 is 0 Å². The van der Waals surface area contributed by atoms with Crippen molar-refractivity contribution in [2.24, 2.45) is 0 Å². The molecule has 0 spiro atoms. The van der Waals surface area contributed by atoms with Gasteiger partial charge in [0.2, 0.25) is 0 Å². The number of hydrogen-bond acceptors (Lipinski definition) is 4. The number of nitrogens with one attached hydrogen (secondary N) is 1. The van der Waals surface area contributed by atoms with Gasteiger partial charge in [0.1, 0.15) is 0 Å². The first-order valence-electron chi connectivity index (χ1n) is 7.24. The molecule has 19 heavy (non-hydrogen) atoms. The molecule has 0 amide bonds. The third-order valence-electron chi connectivity index (χ3n) is 3.76. The van der Waals surface area contributed by atoms with E-state index in [0.717, 1.165) is 70.3 Å². The Labute approximate surface area is 114 Å². The lowest BCUT2D eigenvalue weighted by molar-refractivity contribution is 0.242. The fourth-order valence-corrected chi connectivity index (χ4v) is 2.66. The number of rotatable bonds is 3. The molecule has 0 aliphatic carbocycles. The van der Waals surface area contributed by atoms with E-state index in [-0.39, 0.29) is 0 Å². The second kappa shape index (κ2) is 6.26. The van der Waals surface area contributed by atoms with Crippen LogP contribution in [0.15, 0.2) is 18.2 Å². The largest absolute Gasteiger partial charge is 0.490 e. The van der Waals surface area contributed by atoms with Gasteiger partial charge in [-0.3, -0.25) is 0 Å². The number of hydrogen-bond donors (Lipinski definition) is 1. The summed E-state index contributed by atoms with van der Waals surface area (Å²) in [6, 6.07) is 6.24. The predicted molar refractivity (Wildman–Crippen MR) is 75.1 cm³/mol. The van der Waals surface area contributed by atoms with Crippen LogP contribution in [0.1, 0.15) is 12.0 Å². The molecule has 3 rings (SSSR count). The topological polar surface area (TPSA) is 33.7 Å². The minimum Gasteiger partial charge on any atom is -0.490 e. The van der Waals surface area contributed by atoms with Crippen LogP contribution in [0.2, 0.25) is 0 Å². The van der Waals surface area contributed by atoms with Crippen LogP contribution in [0, 0.1) is 0 Å². The molecule has 4 heteroatoms. The third kappa shape index (κ3) is 3.19. The number of ether oxygens (including phenoxy) is 2. The zero-order valence-corrected chi connectivity index (χ0v) is 11.4. The molecular formula is C15H22N2O2. The first-order valence-corrected chi connectivity index (χ1v) is 7.24. The van der Waals surface area contributed by atoms with Gasteiger partial charge in [-0.25, -0.2) is 0 Å². The number of fused-ring (bicyclic) bond motifs is 1. The highest BCUT2D eigenvalue weighted by atomic mass is 16.5. The Morgan fingerprint density at radius 1 is 1.11 bits per heavy atom. The molecule has 1 aromatic rings. The molecule has 2 aliphatic rings. The van der Waals surface area contributed by atoms with Gasteiger partial charge in [-0.1, -0.05) is 12.1 Å². The maximum Gasteiger partial charge on any atom is 0.164 e. The highest BCUT2D eigenvalue weighted by molar-refractivity contribution is 5.47. The normalized spacial score (nSPS) is 20.0. The summed E-state index contributed by atoms with van der Waals surface area (Å²) in [6.07, 6.45) is 2.00. The van der Waals surface area contributed by atoms with E-state index in [4.69, 9.17) is 9.47 Å². The first-order chi connectivity index (χ1) is 9.43. The zero-order chi connectivity index (χ0) is 12.9. The molecule has 1 aromatic carbocycles. The fourth-order valence-electron chi connectivity index (χ4n) is 2.66. The van der Waals surface area contributed by atoms with Crippen LogP contribution in [-0.2, 0) is 6.42 Å². The highest BCUT2D eigenvalue weighted by Crippen LogP contribution is 2.33. The number of nitrogens with zero attached hydrogens (tertiary/aromatic N) is 1. The molecule has 2 aliphatic heterocycles. The van der Waals surface area contributed by atoms with Gasteiger partial charge in [0.15, 0.2) is 11.5 Å². The lowest BCUT2D eigenvalue weighted by Crippen LogP contribution is -2.44. The van der Waals surface area contributed by atoms with Gasteiger partial charge in [0, 0.05) is 39.1 Å². The molecule has 1 N–H and O–H groups in total. The summed E-state index contributed by atoms with van der Waals surface area (Å²) in [5.41, 5.74) is 1.28. The average molecular weight is 262 g/mol. The Morgan fingerprint density at radius 3 is 2.84 bits per heavy atom. The van der Waals surface area contributed by atoms with E-state index in [1.165, 1.54) is 5.56 Å². The van der Waals surface area contributed by atoms with Gasteiger partial charge < -0.3 is 19.7 Å². The van der Waals surface area contributed by atoms with Crippen molar-refractivity contribution in [1.82, 2.24) is 10.2 Å². The van der Waals surface area contributed by atoms with Crippen LogP contribution in [0.25, 0.3) is 0 Å². The van der Waals surface area contributed by atoms with E-state index in [9.17, 15) is 0 Å². The van der Waals surface area contributed by atoms with Gasteiger partial charge in [-0.05, 0) is 18.1 Å². The van der Waals surface area contributed by atoms with Crippen molar-refractivity contribution in [1.29, 1.82) is 0 Å². The summed E-state index contributed by atoms with van der Waals surface area (Å²) in [4.78, 5) is 2.51. The Bertz CT molecular complexity index is 417. The Balaban J connectivity index is 1.66. The molecule has 0 bridgehead atoms. The van der Waals surface area contributed by atoms with Crippen molar-refractivity contribution >= 4 is 0 Å². The molecule has 1 fully saturated rings. The fraction of sp³-hybridized carbons (Fsp3) is 0.600. The smallest absolute Gasteiger partial charge is 0.164 e. The van der Waals surface area contributed by atoms with Crippen LogP contribution in [0.4, 0.5) is 0 Å². The molecule has 2 heterocycles. The maximum absolute atomic E-state index is 5.86. The Morgan fingerprint density at radius 2 is 1.95 bits per heavy atom. The number of para-hydroxylation sites is 1. The summed E-state index contributed by atoms with van der Waals surface area (Å²) in [5.74, 6) is 1.88. The Hall–Kier alpha value is -1.26. The summed E-state index contributed by atoms with van der Waals surface area (Å²) in [6.45, 7) is 7.12. The van der Waals surface area contributed by atoms with Crippen LogP contribution in [-0.4, -0.2) is 50.8 Å². The van der Waals surface area contributed by atoms with E-state index in [0.29, 0.717) is 0 Å². The van der Waals surface area contributed by atoms with Crippen molar-refractivity contribution in [3.05, 3.63) is 23.8 Å². The lowest BCUT2D eigenvalue weighted by atomic mass is 10.1. The molecule has 104 valence electrons. The van der Waals surface area contributed by atoms with Crippen LogP contribution in [0.3, 0.4) is 0 Å². The highest BCUT2D eigenvalue weighted by Gasteiger charge is 2.16. The molecule has 4 nitrogen and oxygen atoms in total. The molecule has 0 atom stereocenters. The van der Waals surface area contributed by atoms with Crippen LogP contribution in [0.5, 0.6) is 11.5 Å². The van der Waals surface area contributed by atoms with E-state index >= 15 is 0 Å². The van der Waals surface area contributed by atoms with Crippen LogP contribution < -0.4 is 14.8 Å². The molecule has 0 saturated carbocycles. The minimum atomic E-state index is 0.758. The average Bonchev–Trinajstić information content (AvgIpc) is 2.72. The van der Waals surface area contributed by atoms with Crippen molar-refractivity contribution in [3.8, 4) is 11.5 Å². The SMILES string of the molecule is c1cc(CCN2CCNCC2)c2c(c1)OCCCO2. The van der Waals surface area contributed by atoms with Gasteiger partial charge in [-0.2, -0.15) is 0 Å². The minimum absolute atomic E-state index is 0.758. The standard InChI is InChI=1S/C15H22N2O2/c1-3-13(5-8-17-9-6-16-7-10-17)15-14(4-1)18-11-2-12-19-15/h1,3-4,16H,2,5-12H2. The zero-order valence-electron chi connectivity index (χ0n) is 11.4. The summed E-state index contributed by atoms with van der Waals surface area (Å²) >= 11 is 0. The lowest BCUT2D eigenvalue weighted by Gasteiger charge is -2.27. The maximum atomic E-state index is 5.86. The van der Waals surface area contributed by atoms with Gasteiger partial charge >= 0.3 is 0 Å². The summed E-state index contributed by atoms with van der Waals surface area (Å²) in [5, 5.41) is 3.38. The summed E-state index contributed by atoms with van der Waals surface area (Å²) in [7, 11) is 0. The third-order valence-corrected chi connectivity index (χ3v) is 3.76. The monoisotopic (exact) mass is 262 g/mol. The van der Waals surface area contributed by atoms with Crippen molar-refractivity contribution in [3.63, 3.8) is 0 Å². The van der Waals surface area contributed by atoms with Crippen molar-refractivity contribution in [2.45, 2.75) is 12.8 Å². The van der Waals surface area contributed by atoms with E-state index < -0.39 is 0 Å². The number of benzene rings is 1. The quantitative estimate of drug-likeness (QED) is 0.890. The second-order valence-electron chi connectivity index (χ2n) is 5.14. The number of piperazine rings is 1. The second-order valence-corrected chi connectivity index (χ2v) is 5.14. The van der Waals surface area contributed by atoms with Crippen molar-refractivity contribution in [2.75, 3.05) is 45.9 Å². The predicted octanol–water partition coefficient (Wildman–Crippen LogP) is 1.30. The van der Waals surface area contributed by atoms with Gasteiger partial charge in [0.25, 0.3) is 0 Å². The molecule has 0 unspecified atom stereocenters. The van der Waals surface area contributed by atoms with Gasteiger partial charge in [0.05, 0.1) is 13.2 Å². The molecule has 1 saturated heterocycles. The van der Waals surface area contributed by atoms with Crippen molar-refractivity contribution < 1.29 is 9.47 Å². The molecule has 0 aromatic heterocycles.